The van der Waals surface area contributed by atoms with E-state index in [1.54, 1.807) is 13.8 Å². The predicted molar refractivity (Wildman–Crippen MR) is 174 cm³/mol. The van der Waals surface area contributed by atoms with Crippen LogP contribution in [0, 0.1) is 11.8 Å². The number of unbranched alkanes of at least 4 members (excludes halogenated alkanes) is 2. The lowest BCUT2D eigenvalue weighted by Crippen LogP contribution is -2.59. The van der Waals surface area contributed by atoms with E-state index < -0.39 is 59.8 Å². The summed E-state index contributed by atoms with van der Waals surface area (Å²) in [7, 11) is 0. The van der Waals surface area contributed by atoms with Crippen LogP contribution in [0.5, 0.6) is 0 Å². The zero-order valence-electron chi connectivity index (χ0n) is 27.2. The van der Waals surface area contributed by atoms with Crippen molar-refractivity contribution in [2.24, 2.45) is 29.0 Å². The number of aliphatic carboxylic acids is 1. The Morgan fingerprint density at radius 2 is 1.18 bits per heavy atom. The number of hydrogen-bond donors (Lipinski definition) is 8. The van der Waals surface area contributed by atoms with E-state index >= 15 is 0 Å². The van der Waals surface area contributed by atoms with Gasteiger partial charge in [-0.25, -0.2) is 4.79 Å². The molecule has 5 atom stereocenters. The Bertz CT molecular complexity index is 1070. The fourth-order valence-corrected chi connectivity index (χ4v) is 4.78. The van der Waals surface area contributed by atoms with Gasteiger partial charge in [0.15, 0.2) is 0 Å². The van der Waals surface area contributed by atoms with Gasteiger partial charge < -0.3 is 43.6 Å². The molecule has 0 unspecified atom stereocenters. The predicted octanol–water partition coefficient (Wildman–Crippen LogP) is 0.540. The third-order valence-electron chi connectivity index (χ3n) is 7.36. The molecular formula is C32H55N7O6. The van der Waals surface area contributed by atoms with Crippen molar-refractivity contribution in [3.8, 4) is 0 Å². The van der Waals surface area contributed by atoms with Crippen LogP contribution in [0.3, 0.4) is 0 Å². The lowest BCUT2D eigenvalue weighted by atomic mass is 9.99. The second-order valence-electron chi connectivity index (χ2n) is 12.2. The van der Waals surface area contributed by atoms with Crippen molar-refractivity contribution in [3.05, 3.63) is 35.9 Å². The van der Waals surface area contributed by atoms with Gasteiger partial charge in [-0.3, -0.25) is 19.2 Å². The minimum absolute atomic E-state index is 0.0170. The van der Waals surface area contributed by atoms with Crippen LogP contribution in [0.4, 0.5) is 0 Å². The topological polar surface area (TPSA) is 232 Å². The Hall–Kier alpha value is -3.55. The molecule has 0 saturated carbocycles. The normalized spacial score (nSPS) is 14.6. The number of amides is 4. The quantitative estimate of drug-likeness (QED) is 0.0832. The molecule has 0 radical (unpaired) electrons. The summed E-state index contributed by atoms with van der Waals surface area (Å²) in [6, 6.07) is 4.25. The highest BCUT2D eigenvalue weighted by Crippen LogP contribution is 2.11. The van der Waals surface area contributed by atoms with E-state index in [9.17, 15) is 29.1 Å². The third-order valence-corrected chi connectivity index (χ3v) is 7.36. The van der Waals surface area contributed by atoms with Crippen LogP contribution in [0.1, 0.15) is 78.2 Å². The first-order valence-electron chi connectivity index (χ1n) is 15.9. The molecule has 0 heterocycles. The summed E-state index contributed by atoms with van der Waals surface area (Å²) < 4.78 is 0. The molecule has 0 fully saturated rings. The van der Waals surface area contributed by atoms with Gasteiger partial charge in [0.05, 0.1) is 6.04 Å². The van der Waals surface area contributed by atoms with Crippen molar-refractivity contribution < 1.29 is 29.1 Å². The molecule has 0 spiro atoms. The monoisotopic (exact) mass is 633 g/mol. The molecule has 0 aromatic heterocycles. The molecule has 4 amide bonds. The summed E-state index contributed by atoms with van der Waals surface area (Å²) in [6.07, 6.45) is 3.36. The van der Waals surface area contributed by atoms with Crippen LogP contribution in [0.25, 0.3) is 0 Å². The number of hydrogen-bond acceptors (Lipinski definition) is 8. The summed E-state index contributed by atoms with van der Waals surface area (Å²) in [4.78, 5) is 64.9. The molecule has 0 aliphatic carbocycles. The Morgan fingerprint density at radius 1 is 0.689 bits per heavy atom. The van der Waals surface area contributed by atoms with E-state index in [0.29, 0.717) is 38.8 Å². The van der Waals surface area contributed by atoms with Gasteiger partial charge >= 0.3 is 5.97 Å². The molecule has 1 rings (SSSR count). The summed E-state index contributed by atoms with van der Waals surface area (Å²) in [6.45, 7) is 8.00. The Labute approximate surface area is 267 Å². The number of carboxylic acids is 1. The molecule has 11 N–H and O–H groups in total. The number of carbonyl (C=O) groups excluding carboxylic acids is 4. The minimum Gasteiger partial charge on any atom is -0.480 e. The van der Waals surface area contributed by atoms with E-state index in [1.807, 2.05) is 44.2 Å². The average Bonchev–Trinajstić information content (AvgIpc) is 2.98. The zero-order chi connectivity index (χ0) is 33.9. The van der Waals surface area contributed by atoms with Crippen LogP contribution in [-0.2, 0) is 30.4 Å². The molecule has 0 aliphatic rings. The van der Waals surface area contributed by atoms with Gasteiger partial charge in [0.2, 0.25) is 23.6 Å². The molecule has 254 valence electrons. The molecule has 1 aromatic carbocycles. The first-order chi connectivity index (χ1) is 21.3. The van der Waals surface area contributed by atoms with Crippen molar-refractivity contribution in [1.29, 1.82) is 0 Å². The van der Waals surface area contributed by atoms with Crippen molar-refractivity contribution in [2.45, 2.75) is 109 Å². The minimum atomic E-state index is -1.16. The number of benzene rings is 1. The molecule has 13 heteroatoms. The molecule has 45 heavy (non-hydrogen) atoms. The van der Waals surface area contributed by atoms with Gasteiger partial charge in [-0.1, -0.05) is 58.0 Å². The second kappa shape index (κ2) is 21.2. The number of nitrogens with two attached hydrogens (primary N) is 3. The smallest absolute Gasteiger partial charge is 0.326 e. The molecule has 0 saturated heterocycles. The Morgan fingerprint density at radius 3 is 1.64 bits per heavy atom. The lowest BCUT2D eigenvalue weighted by molar-refractivity contribution is -0.143. The maximum absolute atomic E-state index is 13.5. The van der Waals surface area contributed by atoms with E-state index in [1.165, 1.54) is 0 Å². The number of rotatable bonds is 22. The van der Waals surface area contributed by atoms with E-state index in [2.05, 4.69) is 21.3 Å². The van der Waals surface area contributed by atoms with Crippen molar-refractivity contribution in [2.75, 3.05) is 13.1 Å². The fraction of sp³-hybridized carbons (Fsp3) is 0.656. The molecule has 0 aliphatic heterocycles. The fourth-order valence-electron chi connectivity index (χ4n) is 4.78. The molecule has 13 nitrogen and oxygen atoms in total. The van der Waals surface area contributed by atoms with Gasteiger partial charge in [-0.2, -0.15) is 0 Å². The first-order valence-corrected chi connectivity index (χ1v) is 15.9. The van der Waals surface area contributed by atoms with Crippen molar-refractivity contribution in [1.82, 2.24) is 21.3 Å². The van der Waals surface area contributed by atoms with E-state index in [4.69, 9.17) is 17.2 Å². The third kappa shape index (κ3) is 15.3. The Kier molecular flexibility index (Phi) is 18.6. The summed E-state index contributed by atoms with van der Waals surface area (Å²) in [5.41, 5.74) is 18.3. The number of carbonyl (C=O) groups is 5. The number of nitrogens with one attached hydrogen (secondary N) is 4. The highest BCUT2D eigenvalue weighted by atomic mass is 16.4. The lowest BCUT2D eigenvalue weighted by Gasteiger charge is -2.28. The first kappa shape index (κ1) is 39.5. The highest BCUT2D eigenvalue weighted by Gasteiger charge is 2.33. The van der Waals surface area contributed by atoms with Gasteiger partial charge in [0, 0.05) is 0 Å². The van der Waals surface area contributed by atoms with Crippen molar-refractivity contribution >= 4 is 29.6 Å². The van der Waals surface area contributed by atoms with Gasteiger partial charge in [0.1, 0.15) is 24.2 Å². The van der Waals surface area contributed by atoms with E-state index in [0.717, 1.165) is 5.56 Å². The highest BCUT2D eigenvalue weighted by molar-refractivity contribution is 5.95. The summed E-state index contributed by atoms with van der Waals surface area (Å²) in [5, 5.41) is 20.3. The van der Waals surface area contributed by atoms with Crippen LogP contribution in [-0.4, -0.2) is 78.0 Å². The zero-order valence-corrected chi connectivity index (χ0v) is 27.2. The van der Waals surface area contributed by atoms with Crippen LogP contribution in [0.2, 0.25) is 0 Å². The van der Waals surface area contributed by atoms with E-state index in [-0.39, 0.29) is 37.5 Å². The second-order valence-corrected chi connectivity index (χ2v) is 12.2. The van der Waals surface area contributed by atoms with Gasteiger partial charge in [-0.05, 0) is 81.9 Å². The standard InChI is InChI=1S/C32H55N7O6/c1-20(2)18-26(32(44)45)38-29(41)24(14-8-10-16-33)37-31(43)27(21(3)4)39-30(42)25(15-9-11-17-34)36-28(40)23(35)19-22-12-6-5-7-13-22/h5-7,12-13,20-21,23-27H,8-11,14-19,33-35H2,1-4H3,(H,36,40)(H,37,43)(H,38,41)(H,39,42)(H,44,45)/t23-,24-,25-,26-,27-/m1/s1. The maximum Gasteiger partial charge on any atom is 0.326 e. The average molecular weight is 634 g/mol. The van der Waals surface area contributed by atoms with Crippen LogP contribution < -0.4 is 38.5 Å². The number of carboxylic acid groups (broad SMARTS) is 1. The van der Waals surface area contributed by atoms with Crippen LogP contribution in [0.15, 0.2) is 30.3 Å². The molecule has 1 aromatic rings. The molecule has 0 bridgehead atoms. The molecular weight excluding hydrogens is 578 g/mol. The Balaban J connectivity index is 3.07. The summed E-state index contributed by atoms with van der Waals surface area (Å²) >= 11 is 0. The van der Waals surface area contributed by atoms with Gasteiger partial charge in [-0.15, -0.1) is 0 Å². The largest absolute Gasteiger partial charge is 0.480 e. The SMILES string of the molecule is CC(C)C[C@@H](NC(=O)[C@@H](CCCCN)NC(=O)[C@H](NC(=O)[C@@H](CCCCN)NC(=O)[C@H](N)Cc1ccccc1)C(C)C)C(=O)O. The van der Waals surface area contributed by atoms with Crippen molar-refractivity contribution in [3.63, 3.8) is 0 Å². The maximum atomic E-state index is 13.5. The summed E-state index contributed by atoms with van der Waals surface area (Å²) in [5.74, 6) is -3.81. The van der Waals surface area contributed by atoms with Gasteiger partial charge in [0.25, 0.3) is 0 Å². The van der Waals surface area contributed by atoms with Crippen LogP contribution >= 0.6 is 0 Å².